The fraction of sp³-hybridized carbons (Fsp3) is 0.189. The maximum Gasteiger partial charge on any atom is 0.416 e. The largest absolute Gasteiger partial charge is 0.477 e. The fourth-order valence-corrected chi connectivity index (χ4v) is 7.51. The summed E-state index contributed by atoms with van der Waals surface area (Å²) in [6, 6.07) is 21.6. The first-order valence-corrected chi connectivity index (χ1v) is 23.7. The molecule has 0 fully saturated rings. The summed E-state index contributed by atoms with van der Waals surface area (Å²) in [5, 5.41) is 23.4. The Balaban J connectivity index is 0.000000166. The van der Waals surface area contributed by atoms with Gasteiger partial charge in [-0.3, -0.25) is 14.4 Å². The van der Waals surface area contributed by atoms with Crippen LogP contribution in [0.25, 0.3) is 45.0 Å². The van der Waals surface area contributed by atoms with Gasteiger partial charge in [-0.1, -0.05) is 34.6 Å². The molecule has 0 spiro atoms. The number of carbonyl (C=O) groups is 3. The average molecular weight is 1110 g/mol. The molecule has 0 aliphatic carbocycles. The van der Waals surface area contributed by atoms with E-state index in [1.807, 2.05) is 18.2 Å². The number of hydrogen-bond acceptors (Lipinski definition) is 14. The van der Waals surface area contributed by atoms with E-state index >= 15 is 0 Å². The van der Waals surface area contributed by atoms with Gasteiger partial charge in [-0.15, -0.1) is 0 Å². The number of halogens is 6. The molecule has 2 aromatic carbocycles. The first-order chi connectivity index (χ1) is 38.0. The van der Waals surface area contributed by atoms with Crippen LogP contribution in [0.3, 0.4) is 0 Å². The van der Waals surface area contributed by atoms with E-state index < -0.39 is 58.2 Å². The van der Waals surface area contributed by atoms with E-state index in [2.05, 4.69) is 50.9 Å². The van der Waals surface area contributed by atoms with Gasteiger partial charge in [-0.05, 0) is 105 Å². The molecule has 8 aromatic heterocycles. The molecule has 10 rings (SSSR count). The number of amides is 2. The van der Waals surface area contributed by atoms with Gasteiger partial charge in [0.05, 0.1) is 48.4 Å². The van der Waals surface area contributed by atoms with Crippen molar-refractivity contribution in [1.29, 1.82) is 0 Å². The predicted octanol–water partition coefficient (Wildman–Crippen LogP) is 9.02. The number of benzene rings is 2. The van der Waals surface area contributed by atoms with Crippen molar-refractivity contribution in [2.75, 3.05) is 0 Å². The van der Waals surface area contributed by atoms with Crippen LogP contribution in [0.5, 0.6) is 0 Å². The van der Waals surface area contributed by atoms with Gasteiger partial charge in [0.15, 0.2) is 11.6 Å². The second kappa shape index (κ2) is 23.6. The lowest BCUT2D eigenvalue weighted by Gasteiger charge is -2.19. The van der Waals surface area contributed by atoms with E-state index in [0.29, 0.717) is 34.1 Å². The second-order valence-corrected chi connectivity index (χ2v) is 18.2. The molecule has 80 heavy (non-hydrogen) atoms. The number of nitrogens with one attached hydrogen (secondary N) is 4. The van der Waals surface area contributed by atoms with Gasteiger partial charge in [-0.2, -0.15) is 36.3 Å². The molecule has 0 saturated carbocycles. The molecule has 5 N–H and O–H groups in total. The van der Waals surface area contributed by atoms with Gasteiger partial charge in [0, 0.05) is 48.0 Å². The molecule has 0 saturated heterocycles. The summed E-state index contributed by atoms with van der Waals surface area (Å²) in [5.41, 5.74) is -0.130. The van der Waals surface area contributed by atoms with Crippen molar-refractivity contribution in [2.24, 2.45) is 0 Å². The standard InChI is InChI=1S/C24H17F3N6O3.C15H17N5O3.C14H10F3NO3/c25-24(26,27)15-7-5-14(6-8-15)13-33-10-2-4-17(23(33)35)21(34)30-12-19-31-22(36-32-19)18-11-29-20-16(18)3-1-9-28-20;1-15(2,3)22-14(21)18-8-11-19-13(23-20-11)10-7-17-12-9(10)5-4-6-16-12;15-14(16,17)10-5-3-9(4-6-10)8-18-7-1-2-11(12(18)19)13(20)21/h1-11H,12-13H2,(H,28,29)(H,30,34);4-7H,8H2,1-3H3,(H,16,17)(H,18,21);1-7H,8H2,(H,20,21). The van der Waals surface area contributed by atoms with Crippen molar-refractivity contribution in [3.63, 3.8) is 0 Å². The molecular formula is C53H44F6N12O9. The Hall–Kier alpha value is -10.2. The minimum atomic E-state index is -4.44. The molecule has 8 heterocycles. The van der Waals surface area contributed by atoms with E-state index in [4.69, 9.17) is 18.9 Å². The van der Waals surface area contributed by atoms with E-state index in [9.17, 15) is 50.3 Å². The molecule has 0 unspecified atom stereocenters. The van der Waals surface area contributed by atoms with E-state index in [0.717, 1.165) is 50.8 Å². The van der Waals surface area contributed by atoms with E-state index in [1.54, 1.807) is 51.6 Å². The van der Waals surface area contributed by atoms with Crippen LogP contribution in [0.1, 0.15) is 75.4 Å². The minimum Gasteiger partial charge on any atom is -0.477 e. The lowest BCUT2D eigenvalue weighted by molar-refractivity contribution is -0.138. The van der Waals surface area contributed by atoms with Crippen molar-refractivity contribution in [3.05, 3.63) is 200 Å². The topological polar surface area (TPSA) is 284 Å². The third kappa shape index (κ3) is 14.0. The number of fused-ring (bicyclic) bond motifs is 2. The monoisotopic (exact) mass is 1110 g/mol. The number of carboxylic acid groups (broad SMARTS) is 1. The molecule has 412 valence electrons. The number of pyridine rings is 4. The Morgan fingerprint density at radius 2 is 1.05 bits per heavy atom. The first kappa shape index (κ1) is 56.0. The Kier molecular flexibility index (Phi) is 16.5. The van der Waals surface area contributed by atoms with Gasteiger partial charge in [0.25, 0.3) is 28.8 Å². The number of aromatic carboxylic acids is 1. The molecule has 0 bridgehead atoms. The van der Waals surface area contributed by atoms with E-state index in [-0.39, 0.29) is 49.0 Å². The third-order valence-corrected chi connectivity index (χ3v) is 11.3. The van der Waals surface area contributed by atoms with Crippen LogP contribution in [0.2, 0.25) is 0 Å². The highest BCUT2D eigenvalue weighted by molar-refractivity contribution is 5.94. The van der Waals surface area contributed by atoms with Crippen LogP contribution >= 0.6 is 0 Å². The fourth-order valence-electron chi connectivity index (χ4n) is 7.51. The maximum absolute atomic E-state index is 12.8. The molecular weight excluding hydrogens is 1060 g/mol. The van der Waals surface area contributed by atoms with Gasteiger partial charge in [-0.25, -0.2) is 19.6 Å². The number of alkyl halides is 6. The zero-order valence-electron chi connectivity index (χ0n) is 42.1. The summed E-state index contributed by atoms with van der Waals surface area (Å²) in [6.45, 7) is 5.43. The summed E-state index contributed by atoms with van der Waals surface area (Å²) >= 11 is 0. The predicted molar refractivity (Wildman–Crippen MR) is 272 cm³/mol. The number of alkyl carbamates (subject to hydrolysis) is 1. The molecule has 21 nitrogen and oxygen atoms in total. The number of aromatic amines is 2. The highest BCUT2D eigenvalue weighted by atomic mass is 19.4. The Morgan fingerprint density at radius 3 is 1.49 bits per heavy atom. The summed E-state index contributed by atoms with van der Waals surface area (Å²) < 4.78 is 93.7. The van der Waals surface area contributed by atoms with Crippen LogP contribution in [-0.2, 0) is 43.3 Å². The molecule has 2 amide bonds. The number of rotatable bonds is 12. The average Bonchev–Trinajstić information content (AvgIpc) is 4.29. The highest BCUT2D eigenvalue weighted by Crippen LogP contribution is 2.31. The molecule has 10 aromatic rings. The zero-order valence-corrected chi connectivity index (χ0v) is 42.1. The lowest BCUT2D eigenvalue weighted by Crippen LogP contribution is -2.32. The summed E-state index contributed by atoms with van der Waals surface area (Å²) in [6.07, 6.45) is 0.251. The van der Waals surface area contributed by atoms with Gasteiger partial charge in [0.1, 0.15) is 28.0 Å². The number of H-pyrrole nitrogens is 2. The number of hydrogen-bond donors (Lipinski definition) is 5. The summed E-state index contributed by atoms with van der Waals surface area (Å²) in [4.78, 5) is 82.8. The van der Waals surface area contributed by atoms with Crippen LogP contribution in [0, 0.1) is 0 Å². The van der Waals surface area contributed by atoms with Gasteiger partial charge in [0.2, 0.25) is 0 Å². The summed E-state index contributed by atoms with van der Waals surface area (Å²) in [5.74, 6) is -0.810. The van der Waals surface area contributed by atoms with Crippen LogP contribution < -0.4 is 21.8 Å². The Bertz CT molecular complexity index is 3930. The number of aromatic nitrogens is 10. The Labute approximate surface area is 446 Å². The quantitative estimate of drug-likeness (QED) is 0.0713. The van der Waals surface area contributed by atoms with Crippen molar-refractivity contribution in [2.45, 2.75) is 64.9 Å². The molecule has 0 atom stereocenters. The number of ether oxygens (including phenoxy) is 1. The maximum atomic E-state index is 12.8. The summed E-state index contributed by atoms with van der Waals surface area (Å²) in [7, 11) is 0. The first-order valence-electron chi connectivity index (χ1n) is 23.7. The molecule has 0 aliphatic rings. The number of nitrogens with zero attached hydrogens (tertiary/aromatic N) is 8. The van der Waals surface area contributed by atoms with Crippen LogP contribution in [0.15, 0.2) is 153 Å². The number of carbonyl (C=O) groups excluding carboxylic acids is 2. The van der Waals surface area contributed by atoms with Crippen molar-refractivity contribution < 1.29 is 59.6 Å². The molecule has 0 radical (unpaired) electrons. The lowest BCUT2D eigenvalue weighted by atomic mass is 10.1. The highest BCUT2D eigenvalue weighted by Gasteiger charge is 2.31. The van der Waals surface area contributed by atoms with Crippen LogP contribution in [0.4, 0.5) is 31.1 Å². The second-order valence-electron chi connectivity index (χ2n) is 18.2. The van der Waals surface area contributed by atoms with E-state index in [1.165, 1.54) is 65.5 Å². The van der Waals surface area contributed by atoms with Crippen molar-refractivity contribution in [3.8, 4) is 22.9 Å². The smallest absolute Gasteiger partial charge is 0.416 e. The minimum absolute atomic E-state index is 0.00189. The van der Waals surface area contributed by atoms with Crippen molar-refractivity contribution in [1.82, 2.24) is 60.0 Å². The normalized spacial score (nSPS) is 11.6. The SMILES string of the molecule is CC(C)(C)OC(=O)NCc1noc(-c2c[nH]c3ncccc23)n1.O=C(NCc1noc(-c2c[nH]c3ncccc23)n1)c1cccn(Cc2ccc(C(F)(F)F)cc2)c1=O.O=C(O)c1cccn(Cc2ccc(C(F)(F)F)cc2)c1=O. The molecule has 0 aliphatic heterocycles. The number of carboxylic acids is 1. The van der Waals surface area contributed by atoms with Gasteiger partial charge < -0.3 is 48.6 Å². The van der Waals surface area contributed by atoms with Gasteiger partial charge >= 0.3 is 24.4 Å². The zero-order chi connectivity index (χ0) is 57.4. The van der Waals surface area contributed by atoms with Crippen LogP contribution in [-0.4, -0.2) is 78.0 Å². The Morgan fingerprint density at radius 1 is 0.613 bits per heavy atom. The molecule has 27 heteroatoms. The van der Waals surface area contributed by atoms with Crippen molar-refractivity contribution >= 4 is 40.0 Å². The third-order valence-electron chi connectivity index (χ3n) is 11.3.